The van der Waals surface area contributed by atoms with Crippen LogP contribution < -0.4 is 0 Å². The van der Waals surface area contributed by atoms with Crippen molar-refractivity contribution in [2.75, 3.05) is 0 Å². The van der Waals surface area contributed by atoms with Crippen molar-refractivity contribution in [2.24, 2.45) is 46.3 Å². The summed E-state index contributed by atoms with van der Waals surface area (Å²) in [6.45, 7) is 15.7. The zero-order valence-corrected chi connectivity index (χ0v) is 21.1. The minimum atomic E-state index is -1.40. The molecule has 11 atom stereocenters. The quantitative estimate of drug-likeness (QED) is 0.460. The third-order valence-electron chi connectivity index (χ3n) is 11.4. The topological polar surface area (TPSA) is 80.9 Å². The van der Waals surface area contributed by atoms with Crippen LogP contribution in [0.1, 0.15) is 92.4 Å². The van der Waals surface area contributed by atoms with Crippen LogP contribution in [0.5, 0.6) is 0 Å². The monoisotopic (exact) mass is 448 g/mol. The van der Waals surface area contributed by atoms with Crippen LogP contribution in [-0.4, -0.2) is 44.3 Å². The maximum Gasteiger partial charge on any atom is 0.109 e. The van der Waals surface area contributed by atoms with Gasteiger partial charge in [0.15, 0.2) is 0 Å². The summed E-state index contributed by atoms with van der Waals surface area (Å²) in [4.78, 5) is 0. The molecule has 0 saturated heterocycles. The number of fused-ring (bicyclic) bond motifs is 5. The van der Waals surface area contributed by atoms with Crippen LogP contribution in [0.15, 0.2) is 12.2 Å². The molecule has 4 aliphatic rings. The molecule has 0 radical (unpaired) electrons. The van der Waals surface area contributed by atoms with Crippen LogP contribution in [0.3, 0.4) is 0 Å². The van der Waals surface area contributed by atoms with Gasteiger partial charge in [-0.25, -0.2) is 0 Å². The van der Waals surface area contributed by atoms with E-state index in [4.69, 9.17) is 0 Å². The van der Waals surface area contributed by atoms with Gasteiger partial charge >= 0.3 is 0 Å². The number of aliphatic hydroxyl groups excluding tert-OH is 3. The number of hydrogen-bond acceptors (Lipinski definition) is 4. The summed E-state index contributed by atoms with van der Waals surface area (Å²) >= 11 is 0. The molecule has 4 heteroatoms. The van der Waals surface area contributed by atoms with E-state index in [1.54, 1.807) is 0 Å². The summed E-state index contributed by atoms with van der Waals surface area (Å²) in [5.41, 5.74) is -0.324. The second-order valence-corrected chi connectivity index (χ2v) is 13.0. The van der Waals surface area contributed by atoms with E-state index in [0.29, 0.717) is 30.1 Å². The van der Waals surface area contributed by atoms with E-state index in [-0.39, 0.29) is 23.7 Å². The van der Waals surface area contributed by atoms with E-state index in [1.165, 1.54) is 18.4 Å². The van der Waals surface area contributed by atoms with Crippen LogP contribution in [0.4, 0.5) is 0 Å². The molecule has 0 aromatic rings. The Hall–Kier alpha value is -0.420. The average Bonchev–Trinajstić information content (AvgIpc) is 3.09. The number of aliphatic hydroxyl groups is 4. The SMILES string of the molecule is C=C(CCC(C)C1CCC2C3C(O)C(O)C4(O)CC(O)CCC4(C)C3CCC12C)C(C)C. The molecule has 4 aliphatic carbocycles. The Labute approximate surface area is 195 Å². The molecule has 32 heavy (non-hydrogen) atoms. The molecule has 0 aromatic heterocycles. The molecule has 4 nitrogen and oxygen atoms in total. The number of rotatable bonds is 5. The molecule has 4 fully saturated rings. The summed E-state index contributed by atoms with van der Waals surface area (Å²) < 4.78 is 0. The highest BCUT2D eigenvalue weighted by Gasteiger charge is 2.70. The van der Waals surface area contributed by atoms with Gasteiger partial charge in [-0.15, -0.1) is 0 Å². The standard InChI is InChI=1S/C28H48O4/c1-16(2)17(3)7-8-18(4)20-9-10-21-23-22(12-13-26(20,21)5)27(6)14-11-19(29)15-28(27,32)25(31)24(23)30/h16,18-25,29-32H,3,7-15H2,1-2,4-6H3. The van der Waals surface area contributed by atoms with Crippen molar-refractivity contribution in [3.63, 3.8) is 0 Å². The van der Waals surface area contributed by atoms with Gasteiger partial charge in [-0.2, -0.15) is 0 Å². The van der Waals surface area contributed by atoms with E-state index in [0.717, 1.165) is 32.1 Å². The lowest BCUT2D eigenvalue weighted by atomic mass is 9.41. The van der Waals surface area contributed by atoms with Crippen LogP contribution in [0, 0.1) is 46.3 Å². The molecule has 4 N–H and O–H groups in total. The van der Waals surface area contributed by atoms with E-state index in [9.17, 15) is 20.4 Å². The summed E-state index contributed by atoms with van der Waals surface area (Å²) in [7, 11) is 0. The maximum absolute atomic E-state index is 11.6. The normalized spacial score (nSPS) is 51.6. The van der Waals surface area contributed by atoms with Crippen molar-refractivity contribution < 1.29 is 20.4 Å². The molecule has 0 spiro atoms. The first kappa shape index (κ1) is 24.7. The zero-order chi connectivity index (χ0) is 23.6. The van der Waals surface area contributed by atoms with Gasteiger partial charge in [-0.1, -0.05) is 46.8 Å². The lowest BCUT2D eigenvalue weighted by molar-refractivity contribution is -0.297. The first-order valence-corrected chi connectivity index (χ1v) is 13.3. The third-order valence-corrected chi connectivity index (χ3v) is 11.4. The third kappa shape index (κ3) is 3.46. The van der Waals surface area contributed by atoms with Gasteiger partial charge in [0.25, 0.3) is 0 Å². The highest BCUT2D eigenvalue weighted by atomic mass is 16.4. The van der Waals surface area contributed by atoms with Gasteiger partial charge in [0, 0.05) is 11.8 Å². The van der Waals surface area contributed by atoms with Crippen LogP contribution >= 0.6 is 0 Å². The first-order chi connectivity index (χ1) is 14.9. The molecule has 0 heterocycles. The first-order valence-electron chi connectivity index (χ1n) is 13.3. The summed E-state index contributed by atoms with van der Waals surface area (Å²) in [6, 6.07) is 0. The molecule has 0 aromatic carbocycles. The van der Waals surface area contributed by atoms with Crippen molar-refractivity contribution in [1.29, 1.82) is 0 Å². The largest absolute Gasteiger partial charge is 0.393 e. The van der Waals surface area contributed by atoms with Gasteiger partial charge in [-0.05, 0) is 92.3 Å². The molecular weight excluding hydrogens is 400 g/mol. The van der Waals surface area contributed by atoms with Gasteiger partial charge in [-0.3, -0.25) is 0 Å². The highest BCUT2D eigenvalue weighted by molar-refractivity contribution is 5.19. The lowest BCUT2D eigenvalue weighted by Gasteiger charge is -2.66. The maximum atomic E-state index is 11.6. The minimum Gasteiger partial charge on any atom is -0.393 e. The van der Waals surface area contributed by atoms with Crippen LogP contribution in [0.2, 0.25) is 0 Å². The Morgan fingerprint density at radius 3 is 2.31 bits per heavy atom. The van der Waals surface area contributed by atoms with Gasteiger partial charge < -0.3 is 20.4 Å². The summed E-state index contributed by atoms with van der Waals surface area (Å²) in [5.74, 6) is 2.43. The van der Waals surface area contributed by atoms with Crippen molar-refractivity contribution in [3.8, 4) is 0 Å². The molecule has 4 rings (SSSR count). The second-order valence-electron chi connectivity index (χ2n) is 13.0. The minimum absolute atomic E-state index is 0.0343. The molecule has 0 amide bonds. The second kappa shape index (κ2) is 8.36. The Kier molecular flexibility index (Phi) is 6.45. The summed E-state index contributed by atoms with van der Waals surface area (Å²) in [6.07, 6.45) is 5.58. The lowest BCUT2D eigenvalue weighted by Crippen LogP contribution is -2.73. The van der Waals surface area contributed by atoms with Gasteiger partial charge in [0.2, 0.25) is 0 Å². The fourth-order valence-electron chi connectivity index (χ4n) is 9.13. The molecule has 0 bridgehead atoms. The molecule has 4 saturated carbocycles. The Morgan fingerprint density at radius 2 is 1.66 bits per heavy atom. The predicted octanol–water partition coefficient (Wildman–Crippen LogP) is 4.69. The highest BCUT2D eigenvalue weighted by Crippen LogP contribution is 2.69. The smallest absolute Gasteiger partial charge is 0.109 e. The zero-order valence-electron chi connectivity index (χ0n) is 21.1. The average molecular weight is 449 g/mol. The molecule has 0 aliphatic heterocycles. The Bertz CT molecular complexity index is 720. The van der Waals surface area contributed by atoms with Gasteiger partial charge in [0.05, 0.1) is 12.2 Å². The van der Waals surface area contributed by atoms with Crippen LogP contribution in [-0.2, 0) is 0 Å². The van der Waals surface area contributed by atoms with Crippen LogP contribution in [0.25, 0.3) is 0 Å². The Morgan fingerprint density at radius 1 is 0.969 bits per heavy atom. The molecular formula is C28H48O4. The van der Waals surface area contributed by atoms with E-state index < -0.39 is 29.3 Å². The molecule has 184 valence electrons. The Balaban J connectivity index is 1.58. The van der Waals surface area contributed by atoms with Crippen molar-refractivity contribution >= 4 is 0 Å². The number of allylic oxidation sites excluding steroid dienone is 1. The number of hydrogen-bond donors (Lipinski definition) is 4. The van der Waals surface area contributed by atoms with Gasteiger partial charge in [0.1, 0.15) is 11.7 Å². The van der Waals surface area contributed by atoms with E-state index in [1.807, 2.05) is 0 Å². The fraction of sp³-hybridized carbons (Fsp3) is 0.929. The van der Waals surface area contributed by atoms with Crippen molar-refractivity contribution in [1.82, 2.24) is 0 Å². The van der Waals surface area contributed by atoms with Crippen molar-refractivity contribution in [2.45, 2.75) is 116 Å². The molecule has 11 unspecified atom stereocenters. The van der Waals surface area contributed by atoms with E-state index >= 15 is 0 Å². The fourth-order valence-corrected chi connectivity index (χ4v) is 9.13. The van der Waals surface area contributed by atoms with Crippen molar-refractivity contribution in [3.05, 3.63) is 12.2 Å². The summed E-state index contributed by atoms with van der Waals surface area (Å²) in [5, 5.41) is 44.5. The predicted molar refractivity (Wildman–Crippen MR) is 128 cm³/mol. The van der Waals surface area contributed by atoms with E-state index in [2.05, 4.69) is 41.2 Å².